The van der Waals surface area contributed by atoms with Gasteiger partial charge in [0.05, 0.1) is 0 Å². The first-order valence-corrected chi connectivity index (χ1v) is 7.82. The van der Waals surface area contributed by atoms with Gasteiger partial charge in [-0.25, -0.2) is 15.8 Å². The van der Waals surface area contributed by atoms with Crippen molar-refractivity contribution in [2.24, 2.45) is 11.8 Å². The highest BCUT2D eigenvalue weighted by atomic mass is 15.3. The van der Waals surface area contributed by atoms with Crippen molar-refractivity contribution in [3.05, 3.63) is 11.9 Å². The van der Waals surface area contributed by atoms with Gasteiger partial charge in [-0.2, -0.15) is 0 Å². The van der Waals surface area contributed by atoms with E-state index in [0.717, 1.165) is 30.5 Å². The minimum absolute atomic E-state index is 0.536. The molecule has 2 rings (SSSR count). The van der Waals surface area contributed by atoms with Crippen LogP contribution in [0.1, 0.15) is 58.2 Å². The van der Waals surface area contributed by atoms with Gasteiger partial charge in [0, 0.05) is 25.1 Å². The first-order chi connectivity index (χ1) is 9.71. The quantitative estimate of drug-likeness (QED) is 0.565. The van der Waals surface area contributed by atoms with Gasteiger partial charge in [0.25, 0.3) is 0 Å². The summed E-state index contributed by atoms with van der Waals surface area (Å²) in [5.74, 6) is 9.46. The predicted molar refractivity (Wildman–Crippen MR) is 83.8 cm³/mol. The van der Waals surface area contributed by atoms with Gasteiger partial charge in [-0.3, -0.25) is 0 Å². The zero-order chi connectivity index (χ0) is 14.5. The lowest BCUT2D eigenvalue weighted by Gasteiger charge is -2.27. The first kappa shape index (κ1) is 15.0. The number of nitrogens with zero attached hydrogens (tertiary/aromatic N) is 3. The van der Waals surface area contributed by atoms with Crippen molar-refractivity contribution in [3.63, 3.8) is 0 Å². The minimum Gasteiger partial charge on any atom is -0.356 e. The SMILES string of the molecule is CCC(CC)CN(CC)c1cc(NN)nc(C2CC2)n1. The third-order valence-electron chi connectivity index (χ3n) is 4.16. The topological polar surface area (TPSA) is 67.1 Å². The number of anilines is 2. The highest BCUT2D eigenvalue weighted by Gasteiger charge is 2.28. The lowest BCUT2D eigenvalue weighted by atomic mass is 10.0. The molecule has 1 heterocycles. The molecule has 1 fully saturated rings. The number of hydrazine groups is 1. The summed E-state index contributed by atoms with van der Waals surface area (Å²) < 4.78 is 0. The Bertz CT molecular complexity index is 426. The Kier molecular flexibility index (Phi) is 5.17. The van der Waals surface area contributed by atoms with E-state index in [0.29, 0.717) is 11.8 Å². The van der Waals surface area contributed by atoms with Crippen LogP contribution in [-0.2, 0) is 0 Å². The first-order valence-electron chi connectivity index (χ1n) is 7.82. The van der Waals surface area contributed by atoms with E-state index >= 15 is 0 Å². The van der Waals surface area contributed by atoms with Gasteiger partial charge < -0.3 is 10.3 Å². The summed E-state index contributed by atoms with van der Waals surface area (Å²) in [5, 5.41) is 0. The summed E-state index contributed by atoms with van der Waals surface area (Å²) in [6.07, 6.45) is 4.81. The molecule has 1 aliphatic rings. The molecule has 1 aromatic rings. The molecule has 1 aliphatic carbocycles. The third kappa shape index (κ3) is 3.60. The molecule has 0 amide bonds. The highest BCUT2D eigenvalue weighted by Crippen LogP contribution is 2.39. The maximum atomic E-state index is 5.54. The van der Waals surface area contributed by atoms with Gasteiger partial charge >= 0.3 is 0 Å². The number of aromatic nitrogens is 2. The van der Waals surface area contributed by atoms with Crippen molar-refractivity contribution in [1.82, 2.24) is 9.97 Å². The van der Waals surface area contributed by atoms with Crippen LogP contribution in [0.25, 0.3) is 0 Å². The second-order valence-electron chi connectivity index (χ2n) is 5.61. The second-order valence-corrected chi connectivity index (χ2v) is 5.61. The second kappa shape index (κ2) is 6.88. The molecule has 1 saturated carbocycles. The Morgan fingerprint density at radius 3 is 2.50 bits per heavy atom. The van der Waals surface area contributed by atoms with Crippen LogP contribution < -0.4 is 16.2 Å². The van der Waals surface area contributed by atoms with Crippen LogP contribution in [0.4, 0.5) is 11.6 Å². The zero-order valence-electron chi connectivity index (χ0n) is 12.9. The number of hydrogen-bond donors (Lipinski definition) is 2. The Balaban J connectivity index is 2.21. The number of nitrogens with two attached hydrogens (primary N) is 1. The van der Waals surface area contributed by atoms with E-state index in [9.17, 15) is 0 Å². The third-order valence-corrected chi connectivity index (χ3v) is 4.16. The summed E-state index contributed by atoms with van der Waals surface area (Å²) in [5.41, 5.74) is 2.67. The van der Waals surface area contributed by atoms with Gasteiger partial charge in [-0.1, -0.05) is 26.7 Å². The molecule has 5 heteroatoms. The molecule has 1 aromatic heterocycles. The van der Waals surface area contributed by atoms with Gasteiger partial charge in [0.1, 0.15) is 17.5 Å². The Labute approximate surface area is 121 Å². The fourth-order valence-corrected chi connectivity index (χ4v) is 2.46. The van der Waals surface area contributed by atoms with Gasteiger partial charge in [-0.05, 0) is 25.7 Å². The van der Waals surface area contributed by atoms with E-state index in [-0.39, 0.29) is 0 Å². The monoisotopic (exact) mass is 277 g/mol. The van der Waals surface area contributed by atoms with Crippen LogP contribution in [0.5, 0.6) is 0 Å². The van der Waals surface area contributed by atoms with Gasteiger partial charge in [-0.15, -0.1) is 0 Å². The summed E-state index contributed by atoms with van der Waals surface area (Å²) in [4.78, 5) is 11.6. The van der Waals surface area contributed by atoms with Crippen molar-refractivity contribution >= 4 is 11.6 Å². The zero-order valence-corrected chi connectivity index (χ0v) is 12.9. The summed E-state index contributed by atoms with van der Waals surface area (Å²) >= 11 is 0. The minimum atomic E-state index is 0.536. The van der Waals surface area contributed by atoms with Crippen LogP contribution in [0, 0.1) is 5.92 Å². The van der Waals surface area contributed by atoms with E-state index in [4.69, 9.17) is 10.8 Å². The standard InChI is InChI=1S/C15H27N5/c1-4-11(5-2)10-20(6-3)14-9-13(19-16)17-15(18-14)12-7-8-12/h9,11-12H,4-8,10,16H2,1-3H3,(H,17,18,19). The number of rotatable bonds is 8. The van der Waals surface area contributed by atoms with E-state index in [2.05, 4.69) is 36.1 Å². The molecule has 112 valence electrons. The van der Waals surface area contributed by atoms with Crippen molar-refractivity contribution in [1.29, 1.82) is 0 Å². The molecule has 0 saturated heterocycles. The molecular weight excluding hydrogens is 250 g/mol. The maximum Gasteiger partial charge on any atom is 0.145 e. The highest BCUT2D eigenvalue weighted by molar-refractivity contribution is 5.49. The largest absolute Gasteiger partial charge is 0.356 e. The summed E-state index contributed by atoms with van der Waals surface area (Å²) in [7, 11) is 0. The number of nitrogen functional groups attached to an aromatic ring is 1. The van der Waals surface area contributed by atoms with Gasteiger partial charge in [0.2, 0.25) is 0 Å². The average molecular weight is 277 g/mol. The molecule has 0 atom stereocenters. The summed E-state index contributed by atoms with van der Waals surface area (Å²) in [6.45, 7) is 8.70. The van der Waals surface area contributed by atoms with E-state index in [1.165, 1.54) is 25.7 Å². The Morgan fingerprint density at radius 2 is 2.00 bits per heavy atom. The average Bonchev–Trinajstić information content (AvgIpc) is 3.33. The Hall–Kier alpha value is -1.36. The predicted octanol–water partition coefficient (Wildman–Crippen LogP) is 2.90. The van der Waals surface area contributed by atoms with E-state index in [1.54, 1.807) is 0 Å². The van der Waals surface area contributed by atoms with Crippen molar-refractivity contribution in [2.45, 2.75) is 52.4 Å². The van der Waals surface area contributed by atoms with Crippen LogP contribution >= 0.6 is 0 Å². The van der Waals surface area contributed by atoms with Crippen molar-refractivity contribution in [3.8, 4) is 0 Å². The van der Waals surface area contributed by atoms with E-state index < -0.39 is 0 Å². The lowest BCUT2D eigenvalue weighted by Crippen LogP contribution is -2.30. The molecule has 5 nitrogen and oxygen atoms in total. The normalized spacial score (nSPS) is 14.7. The number of nitrogens with one attached hydrogen (secondary N) is 1. The van der Waals surface area contributed by atoms with E-state index in [1.807, 2.05) is 6.07 Å². The molecule has 20 heavy (non-hydrogen) atoms. The molecular formula is C15H27N5. The molecule has 0 radical (unpaired) electrons. The Morgan fingerprint density at radius 1 is 1.30 bits per heavy atom. The van der Waals surface area contributed by atoms with Crippen molar-refractivity contribution < 1.29 is 0 Å². The summed E-state index contributed by atoms with van der Waals surface area (Å²) in [6, 6.07) is 1.96. The molecule has 3 N–H and O–H groups in total. The fraction of sp³-hybridized carbons (Fsp3) is 0.733. The lowest BCUT2D eigenvalue weighted by molar-refractivity contribution is 0.484. The molecule has 0 aliphatic heterocycles. The molecule has 0 aromatic carbocycles. The van der Waals surface area contributed by atoms with Crippen molar-refractivity contribution in [2.75, 3.05) is 23.4 Å². The van der Waals surface area contributed by atoms with Crippen LogP contribution in [0.3, 0.4) is 0 Å². The smallest absolute Gasteiger partial charge is 0.145 e. The molecule has 0 unspecified atom stereocenters. The number of hydrogen-bond acceptors (Lipinski definition) is 5. The van der Waals surface area contributed by atoms with Crippen LogP contribution in [0.2, 0.25) is 0 Å². The van der Waals surface area contributed by atoms with Crippen LogP contribution in [0.15, 0.2) is 6.07 Å². The molecule has 0 bridgehead atoms. The van der Waals surface area contributed by atoms with Crippen LogP contribution in [-0.4, -0.2) is 23.1 Å². The fourth-order valence-electron chi connectivity index (χ4n) is 2.46. The maximum absolute atomic E-state index is 5.54. The molecule has 0 spiro atoms. The van der Waals surface area contributed by atoms with Gasteiger partial charge in [0.15, 0.2) is 0 Å².